The Balaban J connectivity index is 2.05. The number of nitrogens with two attached hydrogens (primary N) is 1. The van der Waals surface area contributed by atoms with E-state index in [2.05, 4.69) is 15.6 Å². The van der Waals surface area contributed by atoms with Crippen LogP contribution in [-0.4, -0.2) is 16.8 Å². The minimum atomic E-state index is -0.284. The molecule has 0 aliphatic carbocycles. The summed E-state index contributed by atoms with van der Waals surface area (Å²) in [6.07, 6.45) is 0. The van der Waals surface area contributed by atoms with E-state index in [-0.39, 0.29) is 11.8 Å². The van der Waals surface area contributed by atoms with Crippen LogP contribution in [-0.2, 0) is 4.79 Å². The lowest BCUT2D eigenvalue weighted by atomic mass is 10.1. The molecule has 0 radical (unpaired) electrons. The van der Waals surface area contributed by atoms with Crippen LogP contribution in [0, 0.1) is 6.92 Å². The van der Waals surface area contributed by atoms with Gasteiger partial charge in [-0.05, 0) is 43.3 Å². The third-order valence-electron chi connectivity index (χ3n) is 3.71. The zero-order valence-electron chi connectivity index (χ0n) is 14.0. The number of carbonyl (C=O) groups excluding carboxylic acids is 2. The number of hydrogen-bond acceptors (Lipinski definition) is 4. The molecule has 6 nitrogen and oxygen atoms in total. The topological polar surface area (TPSA) is 97.1 Å². The number of aryl methyl sites for hydroxylation is 1. The van der Waals surface area contributed by atoms with Crippen molar-refractivity contribution in [1.82, 2.24) is 4.98 Å². The lowest BCUT2D eigenvalue weighted by Gasteiger charge is -2.12. The fraction of sp³-hybridized carbons (Fsp3) is 0.105. The summed E-state index contributed by atoms with van der Waals surface area (Å²) in [6.45, 7) is 3.26. The molecule has 6 heteroatoms. The van der Waals surface area contributed by atoms with Gasteiger partial charge < -0.3 is 16.4 Å². The summed E-state index contributed by atoms with van der Waals surface area (Å²) in [5.41, 5.74) is 9.42. The van der Waals surface area contributed by atoms with Crippen molar-refractivity contribution in [2.45, 2.75) is 13.8 Å². The Morgan fingerprint density at radius 1 is 1.04 bits per heavy atom. The fourth-order valence-electron chi connectivity index (χ4n) is 2.63. The van der Waals surface area contributed by atoms with E-state index >= 15 is 0 Å². The fourth-order valence-corrected chi connectivity index (χ4v) is 2.63. The second-order valence-corrected chi connectivity index (χ2v) is 5.77. The molecule has 0 atom stereocenters. The molecule has 0 saturated heterocycles. The number of benzene rings is 2. The summed E-state index contributed by atoms with van der Waals surface area (Å²) < 4.78 is 0. The van der Waals surface area contributed by atoms with Crippen LogP contribution in [0.15, 0.2) is 48.5 Å². The van der Waals surface area contributed by atoms with Crippen LogP contribution in [0.4, 0.5) is 17.1 Å². The largest absolute Gasteiger partial charge is 0.397 e. The van der Waals surface area contributed by atoms with Crippen molar-refractivity contribution in [3.63, 3.8) is 0 Å². The van der Waals surface area contributed by atoms with Crippen molar-refractivity contribution in [3.8, 4) is 0 Å². The molecule has 2 aromatic carbocycles. The third kappa shape index (κ3) is 3.58. The molecule has 0 spiro atoms. The van der Waals surface area contributed by atoms with E-state index in [1.807, 2.05) is 6.92 Å². The Morgan fingerprint density at radius 2 is 1.80 bits per heavy atom. The lowest BCUT2D eigenvalue weighted by molar-refractivity contribution is -0.114. The smallest absolute Gasteiger partial charge is 0.256 e. The number of rotatable bonds is 3. The van der Waals surface area contributed by atoms with Gasteiger partial charge >= 0.3 is 0 Å². The second kappa shape index (κ2) is 6.60. The molecular weight excluding hydrogens is 316 g/mol. The molecule has 0 aliphatic rings. The van der Waals surface area contributed by atoms with E-state index < -0.39 is 0 Å². The van der Waals surface area contributed by atoms with Crippen LogP contribution in [0.1, 0.15) is 23.0 Å². The zero-order valence-corrected chi connectivity index (χ0v) is 14.0. The van der Waals surface area contributed by atoms with Crippen LogP contribution in [0.5, 0.6) is 0 Å². The van der Waals surface area contributed by atoms with Crippen LogP contribution in [0.25, 0.3) is 10.9 Å². The number of carbonyl (C=O) groups is 2. The summed E-state index contributed by atoms with van der Waals surface area (Å²) >= 11 is 0. The van der Waals surface area contributed by atoms with E-state index in [0.717, 1.165) is 5.69 Å². The van der Waals surface area contributed by atoms with Crippen LogP contribution in [0.3, 0.4) is 0 Å². The Bertz CT molecular complexity index is 982. The maximum absolute atomic E-state index is 12.8. The Labute approximate surface area is 145 Å². The standard InChI is InChI=1S/C19H18N4O2/c1-11-9-15(19(25)23-18-6-4-3-5-16(18)20)14-10-13(22-12(2)24)7-8-17(14)21-11/h3-10H,20H2,1-2H3,(H,22,24)(H,23,25). The number of nitrogens with one attached hydrogen (secondary N) is 2. The van der Waals surface area contributed by atoms with Crippen molar-refractivity contribution >= 4 is 39.8 Å². The third-order valence-corrected chi connectivity index (χ3v) is 3.71. The molecule has 1 heterocycles. The monoisotopic (exact) mass is 334 g/mol. The van der Waals surface area contributed by atoms with E-state index in [0.29, 0.717) is 33.5 Å². The summed E-state index contributed by atoms with van der Waals surface area (Å²) in [5.74, 6) is -0.462. The number of aromatic nitrogens is 1. The predicted molar refractivity (Wildman–Crippen MR) is 99.6 cm³/mol. The molecule has 0 fully saturated rings. The maximum Gasteiger partial charge on any atom is 0.256 e. The number of anilines is 3. The highest BCUT2D eigenvalue weighted by Crippen LogP contribution is 2.25. The lowest BCUT2D eigenvalue weighted by Crippen LogP contribution is -2.14. The van der Waals surface area contributed by atoms with Gasteiger partial charge in [0, 0.05) is 23.7 Å². The number of nitrogen functional groups attached to an aromatic ring is 1. The number of pyridine rings is 1. The Morgan fingerprint density at radius 3 is 2.52 bits per heavy atom. The second-order valence-electron chi connectivity index (χ2n) is 5.77. The molecule has 25 heavy (non-hydrogen) atoms. The minimum absolute atomic E-state index is 0.178. The zero-order chi connectivity index (χ0) is 18.0. The molecule has 0 aliphatic heterocycles. The van der Waals surface area contributed by atoms with E-state index in [9.17, 15) is 9.59 Å². The number of fused-ring (bicyclic) bond motifs is 1. The van der Waals surface area contributed by atoms with E-state index in [4.69, 9.17) is 5.73 Å². The van der Waals surface area contributed by atoms with Gasteiger partial charge in [0.15, 0.2) is 0 Å². The van der Waals surface area contributed by atoms with Crippen molar-refractivity contribution in [3.05, 3.63) is 59.8 Å². The summed E-state index contributed by atoms with van der Waals surface area (Å²) in [5, 5.41) is 6.20. The molecule has 126 valence electrons. The van der Waals surface area contributed by atoms with Crippen molar-refractivity contribution < 1.29 is 9.59 Å². The van der Waals surface area contributed by atoms with E-state index in [1.54, 1.807) is 48.5 Å². The normalized spacial score (nSPS) is 10.5. The highest BCUT2D eigenvalue weighted by molar-refractivity contribution is 6.13. The van der Waals surface area contributed by atoms with E-state index in [1.165, 1.54) is 6.92 Å². The van der Waals surface area contributed by atoms with Gasteiger partial charge in [-0.25, -0.2) is 0 Å². The SMILES string of the molecule is CC(=O)Nc1ccc2nc(C)cc(C(=O)Nc3ccccc3N)c2c1. The quantitative estimate of drug-likeness (QED) is 0.640. The molecule has 3 aromatic rings. The highest BCUT2D eigenvalue weighted by atomic mass is 16.2. The first-order valence-electron chi connectivity index (χ1n) is 7.79. The van der Waals surface area contributed by atoms with Gasteiger partial charge in [-0.2, -0.15) is 0 Å². The van der Waals surface area contributed by atoms with Gasteiger partial charge in [-0.3, -0.25) is 14.6 Å². The first kappa shape index (κ1) is 16.4. The first-order chi connectivity index (χ1) is 11.9. The van der Waals surface area contributed by atoms with Crippen molar-refractivity contribution in [2.75, 3.05) is 16.4 Å². The van der Waals surface area contributed by atoms with Crippen LogP contribution < -0.4 is 16.4 Å². The Hall–Kier alpha value is -3.41. The van der Waals surface area contributed by atoms with Gasteiger partial charge in [0.25, 0.3) is 5.91 Å². The summed E-state index contributed by atoms with van der Waals surface area (Å²) in [6, 6.07) is 14.1. The van der Waals surface area contributed by atoms with Crippen molar-refractivity contribution in [1.29, 1.82) is 0 Å². The molecule has 0 bridgehead atoms. The first-order valence-corrected chi connectivity index (χ1v) is 7.79. The molecule has 0 saturated carbocycles. The predicted octanol–water partition coefficient (Wildman–Crippen LogP) is 3.34. The maximum atomic E-state index is 12.8. The summed E-state index contributed by atoms with van der Waals surface area (Å²) in [7, 11) is 0. The average Bonchev–Trinajstić information content (AvgIpc) is 2.56. The number of amides is 2. The summed E-state index contributed by atoms with van der Waals surface area (Å²) in [4.78, 5) is 28.5. The van der Waals surface area contributed by atoms with Crippen LogP contribution in [0.2, 0.25) is 0 Å². The molecule has 3 rings (SSSR count). The molecule has 2 amide bonds. The Kier molecular flexibility index (Phi) is 4.35. The molecular formula is C19H18N4O2. The highest BCUT2D eigenvalue weighted by Gasteiger charge is 2.14. The van der Waals surface area contributed by atoms with Gasteiger partial charge in [0.05, 0.1) is 22.5 Å². The van der Waals surface area contributed by atoms with Crippen LogP contribution >= 0.6 is 0 Å². The van der Waals surface area contributed by atoms with Gasteiger partial charge in [0.1, 0.15) is 0 Å². The van der Waals surface area contributed by atoms with Gasteiger partial charge in [-0.1, -0.05) is 12.1 Å². The average molecular weight is 334 g/mol. The molecule has 4 N–H and O–H groups in total. The number of hydrogen-bond donors (Lipinski definition) is 3. The molecule has 1 aromatic heterocycles. The molecule has 0 unspecified atom stereocenters. The van der Waals surface area contributed by atoms with Gasteiger partial charge in [-0.15, -0.1) is 0 Å². The van der Waals surface area contributed by atoms with Crippen molar-refractivity contribution in [2.24, 2.45) is 0 Å². The number of para-hydroxylation sites is 2. The number of nitrogens with zero attached hydrogens (tertiary/aromatic N) is 1. The van der Waals surface area contributed by atoms with Gasteiger partial charge in [0.2, 0.25) is 5.91 Å². The minimum Gasteiger partial charge on any atom is -0.397 e.